The van der Waals surface area contributed by atoms with Gasteiger partial charge in [0.05, 0.1) is 12.5 Å². The summed E-state index contributed by atoms with van der Waals surface area (Å²) in [5.74, 6) is -0.240. The fourth-order valence-electron chi connectivity index (χ4n) is 1.41. The number of methoxy groups -OCH3 is 1. The SMILES string of the molecule is COC(=O)C1(CNNC(=O)OC(C)(C)C)CC1. The number of amides is 1. The second-order valence-corrected chi connectivity index (χ2v) is 5.25. The van der Waals surface area contributed by atoms with E-state index in [0.29, 0.717) is 6.54 Å². The number of carbonyl (C=O) groups excluding carboxylic acids is 2. The third kappa shape index (κ3) is 4.22. The van der Waals surface area contributed by atoms with Gasteiger partial charge in [0.1, 0.15) is 5.60 Å². The number of hydrazine groups is 1. The van der Waals surface area contributed by atoms with E-state index in [2.05, 4.69) is 10.9 Å². The Morgan fingerprint density at radius 2 is 1.88 bits per heavy atom. The van der Waals surface area contributed by atoms with Gasteiger partial charge in [-0.3, -0.25) is 10.2 Å². The molecule has 0 spiro atoms. The molecule has 1 rings (SSSR count). The molecule has 0 saturated heterocycles. The Bertz CT molecular complexity index is 305. The molecule has 6 nitrogen and oxygen atoms in total. The fraction of sp³-hybridized carbons (Fsp3) is 0.818. The summed E-state index contributed by atoms with van der Waals surface area (Å²) in [7, 11) is 1.36. The Kier molecular flexibility index (Phi) is 3.98. The average molecular weight is 244 g/mol. The van der Waals surface area contributed by atoms with Crippen LogP contribution in [0.15, 0.2) is 0 Å². The number of hydrogen-bond acceptors (Lipinski definition) is 5. The minimum absolute atomic E-state index is 0.240. The maximum absolute atomic E-state index is 11.4. The van der Waals surface area contributed by atoms with Gasteiger partial charge >= 0.3 is 12.1 Å². The highest BCUT2D eigenvalue weighted by Crippen LogP contribution is 2.45. The number of rotatable bonds is 4. The zero-order chi connectivity index (χ0) is 13.1. The van der Waals surface area contributed by atoms with E-state index in [1.165, 1.54) is 7.11 Å². The van der Waals surface area contributed by atoms with Crippen LogP contribution in [0.5, 0.6) is 0 Å². The van der Waals surface area contributed by atoms with Crippen LogP contribution >= 0.6 is 0 Å². The molecular formula is C11H20N2O4. The van der Waals surface area contributed by atoms with Crippen molar-refractivity contribution in [1.82, 2.24) is 10.9 Å². The first-order valence-electron chi connectivity index (χ1n) is 5.59. The van der Waals surface area contributed by atoms with Crippen molar-refractivity contribution in [1.29, 1.82) is 0 Å². The molecule has 0 atom stereocenters. The number of ether oxygens (including phenoxy) is 2. The molecule has 6 heteroatoms. The van der Waals surface area contributed by atoms with Crippen molar-refractivity contribution in [2.75, 3.05) is 13.7 Å². The van der Waals surface area contributed by atoms with Gasteiger partial charge in [-0.05, 0) is 33.6 Å². The lowest BCUT2D eigenvalue weighted by molar-refractivity contribution is -0.147. The van der Waals surface area contributed by atoms with Gasteiger partial charge in [-0.2, -0.15) is 0 Å². The van der Waals surface area contributed by atoms with Crippen molar-refractivity contribution in [2.24, 2.45) is 5.41 Å². The van der Waals surface area contributed by atoms with E-state index < -0.39 is 17.1 Å². The summed E-state index contributed by atoms with van der Waals surface area (Å²) >= 11 is 0. The smallest absolute Gasteiger partial charge is 0.422 e. The van der Waals surface area contributed by atoms with Crippen molar-refractivity contribution < 1.29 is 19.1 Å². The summed E-state index contributed by atoms with van der Waals surface area (Å²) in [5, 5.41) is 0. The number of carbonyl (C=O) groups is 2. The number of hydrogen-bond donors (Lipinski definition) is 2. The normalized spacial score (nSPS) is 17.2. The monoisotopic (exact) mass is 244 g/mol. The Morgan fingerprint density at radius 1 is 1.29 bits per heavy atom. The Labute approximate surface area is 101 Å². The van der Waals surface area contributed by atoms with Gasteiger partial charge in [-0.1, -0.05) is 0 Å². The maximum atomic E-state index is 11.4. The number of nitrogens with one attached hydrogen (secondary N) is 2. The lowest BCUT2D eigenvalue weighted by Gasteiger charge is -2.20. The molecule has 1 saturated carbocycles. The molecule has 0 aromatic heterocycles. The van der Waals surface area contributed by atoms with Gasteiger partial charge in [0.15, 0.2) is 0 Å². The van der Waals surface area contributed by atoms with Crippen molar-refractivity contribution in [3.63, 3.8) is 0 Å². The van der Waals surface area contributed by atoms with Crippen LogP contribution in [0.25, 0.3) is 0 Å². The second kappa shape index (κ2) is 4.91. The predicted molar refractivity (Wildman–Crippen MR) is 61.1 cm³/mol. The van der Waals surface area contributed by atoms with Crippen LogP contribution in [-0.2, 0) is 14.3 Å². The molecule has 0 aliphatic heterocycles. The molecule has 2 N–H and O–H groups in total. The number of esters is 1. The first-order chi connectivity index (χ1) is 7.79. The van der Waals surface area contributed by atoms with Crippen molar-refractivity contribution in [3.05, 3.63) is 0 Å². The average Bonchev–Trinajstić information content (AvgIpc) is 2.95. The second-order valence-electron chi connectivity index (χ2n) is 5.25. The van der Waals surface area contributed by atoms with E-state index >= 15 is 0 Å². The van der Waals surface area contributed by atoms with Crippen LogP contribution in [-0.4, -0.2) is 31.3 Å². The van der Waals surface area contributed by atoms with Crippen molar-refractivity contribution >= 4 is 12.1 Å². The summed E-state index contributed by atoms with van der Waals surface area (Å²) in [6, 6.07) is 0. The molecule has 98 valence electrons. The van der Waals surface area contributed by atoms with Gasteiger partial charge in [-0.15, -0.1) is 0 Å². The first kappa shape index (κ1) is 13.8. The highest BCUT2D eigenvalue weighted by atomic mass is 16.6. The molecule has 0 bridgehead atoms. The topological polar surface area (TPSA) is 76.7 Å². The maximum Gasteiger partial charge on any atom is 0.422 e. The van der Waals surface area contributed by atoms with E-state index in [0.717, 1.165) is 12.8 Å². The van der Waals surface area contributed by atoms with Crippen LogP contribution in [0.4, 0.5) is 4.79 Å². The Hall–Kier alpha value is -1.30. The molecule has 0 radical (unpaired) electrons. The van der Waals surface area contributed by atoms with Crippen LogP contribution in [0.1, 0.15) is 33.6 Å². The molecular weight excluding hydrogens is 224 g/mol. The van der Waals surface area contributed by atoms with E-state index in [1.807, 2.05) is 0 Å². The van der Waals surface area contributed by atoms with E-state index in [-0.39, 0.29) is 5.97 Å². The van der Waals surface area contributed by atoms with Crippen LogP contribution in [0, 0.1) is 5.41 Å². The van der Waals surface area contributed by atoms with Crippen molar-refractivity contribution in [2.45, 2.75) is 39.2 Å². The molecule has 0 aromatic rings. The Balaban J connectivity index is 2.25. The third-order valence-corrected chi connectivity index (χ3v) is 2.49. The molecule has 17 heavy (non-hydrogen) atoms. The fourth-order valence-corrected chi connectivity index (χ4v) is 1.41. The molecule has 1 aliphatic rings. The van der Waals surface area contributed by atoms with Crippen LogP contribution < -0.4 is 10.9 Å². The van der Waals surface area contributed by atoms with Gasteiger partial charge in [0.25, 0.3) is 0 Å². The summed E-state index contributed by atoms with van der Waals surface area (Å²) in [4.78, 5) is 22.7. The summed E-state index contributed by atoms with van der Waals surface area (Å²) in [6.07, 6.45) is 1.00. The van der Waals surface area contributed by atoms with E-state index in [1.54, 1.807) is 20.8 Å². The Morgan fingerprint density at radius 3 is 2.29 bits per heavy atom. The molecule has 1 aliphatic carbocycles. The highest BCUT2D eigenvalue weighted by Gasteiger charge is 2.50. The van der Waals surface area contributed by atoms with Crippen LogP contribution in [0.3, 0.4) is 0 Å². The molecule has 0 heterocycles. The van der Waals surface area contributed by atoms with E-state index in [9.17, 15) is 9.59 Å². The lowest BCUT2D eigenvalue weighted by atomic mass is 10.1. The zero-order valence-electron chi connectivity index (χ0n) is 10.8. The van der Waals surface area contributed by atoms with Crippen molar-refractivity contribution in [3.8, 4) is 0 Å². The zero-order valence-corrected chi connectivity index (χ0v) is 10.8. The lowest BCUT2D eigenvalue weighted by Crippen LogP contribution is -2.45. The minimum atomic E-state index is -0.557. The summed E-state index contributed by atoms with van der Waals surface area (Å²) in [6.45, 7) is 5.70. The predicted octanol–water partition coefficient (Wildman–Crippen LogP) is 0.969. The molecule has 0 aromatic carbocycles. The summed E-state index contributed by atoms with van der Waals surface area (Å²) < 4.78 is 9.72. The van der Waals surface area contributed by atoms with Gasteiger partial charge in [0, 0.05) is 6.54 Å². The quantitative estimate of drug-likeness (QED) is 0.569. The standard InChI is InChI=1S/C11H20N2O4/c1-10(2,3)17-9(15)13-12-7-11(5-6-11)8(14)16-4/h12H,5-7H2,1-4H3,(H,13,15). The highest BCUT2D eigenvalue weighted by molar-refractivity contribution is 5.80. The minimum Gasteiger partial charge on any atom is -0.469 e. The van der Waals surface area contributed by atoms with Gasteiger partial charge in [-0.25, -0.2) is 10.2 Å². The largest absolute Gasteiger partial charge is 0.469 e. The van der Waals surface area contributed by atoms with Gasteiger partial charge in [0.2, 0.25) is 0 Å². The molecule has 0 unspecified atom stereocenters. The third-order valence-electron chi connectivity index (χ3n) is 2.49. The van der Waals surface area contributed by atoms with Crippen LogP contribution in [0.2, 0.25) is 0 Å². The molecule has 1 fully saturated rings. The summed E-state index contributed by atoms with van der Waals surface area (Å²) in [5.41, 5.74) is 4.09. The van der Waals surface area contributed by atoms with E-state index in [4.69, 9.17) is 9.47 Å². The molecule has 1 amide bonds. The first-order valence-corrected chi connectivity index (χ1v) is 5.59. The van der Waals surface area contributed by atoms with Gasteiger partial charge < -0.3 is 9.47 Å².